The van der Waals surface area contributed by atoms with Crippen LogP contribution in [0.2, 0.25) is 0 Å². The number of β-lactam (4-membered cyclic amide) rings is 1. The Kier molecular flexibility index (Phi) is 5.48. The number of aliphatic carboxylic acids is 1. The lowest BCUT2D eigenvalue weighted by Crippen LogP contribution is -2.71. The van der Waals surface area contributed by atoms with E-state index in [0.29, 0.717) is 17.1 Å². The predicted octanol–water partition coefficient (Wildman–Crippen LogP) is 0.450. The van der Waals surface area contributed by atoms with Crippen molar-refractivity contribution in [3.05, 3.63) is 41.6 Å². The molecule has 1 saturated heterocycles. The SMILES string of the molecule is COCC1=C(C(=O)O)N2C(=O)C(NC(=O)COc3ccccc3)C2SC1. The number of methoxy groups -OCH3 is 1. The Bertz CT molecular complexity index is 751. The maximum Gasteiger partial charge on any atom is 0.352 e. The van der Waals surface area contributed by atoms with E-state index in [1.165, 1.54) is 23.8 Å². The van der Waals surface area contributed by atoms with E-state index >= 15 is 0 Å². The topological polar surface area (TPSA) is 105 Å². The highest BCUT2D eigenvalue weighted by atomic mass is 32.2. The summed E-state index contributed by atoms with van der Waals surface area (Å²) in [5.41, 5.74) is 0.499. The second-order valence-electron chi connectivity index (χ2n) is 5.75. The van der Waals surface area contributed by atoms with Gasteiger partial charge < -0.3 is 19.9 Å². The van der Waals surface area contributed by atoms with E-state index in [4.69, 9.17) is 9.47 Å². The zero-order chi connectivity index (χ0) is 18.7. The van der Waals surface area contributed by atoms with Crippen LogP contribution >= 0.6 is 11.8 Å². The fourth-order valence-corrected chi connectivity index (χ4v) is 4.18. The van der Waals surface area contributed by atoms with E-state index in [2.05, 4.69) is 5.32 Å². The molecular weight excluding hydrogens is 360 g/mol. The molecular formula is C17H18N2O6S. The maximum atomic E-state index is 12.4. The summed E-state index contributed by atoms with van der Waals surface area (Å²) >= 11 is 1.40. The van der Waals surface area contributed by atoms with Crippen molar-refractivity contribution >= 4 is 29.5 Å². The molecule has 2 atom stereocenters. The lowest BCUT2D eigenvalue weighted by Gasteiger charge is -2.49. The van der Waals surface area contributed by atoms with Crippen LogP contribution in [0.25, 0.3) is 0 Å². The van der Waals surface area contributed by atoms with Crippen LogP contribution in [0.1, 0.15) is 0 Å². The summed E-state index contributed by atoms with van der Waals surface area (Å²) in [5.74, 6) is -1.07. The molecule has 1 fully saturated rings. The molecule has 1 aromatic rings. The van der Waals surface area contributed by atoms with Gasteiger partial charge in [0.05, 0.1) is 6.61 Å². The zero-order valence-corrected chi connectivity index (χ0v) is 14.8. The molecule has 0 aromatic heterocycles. The molecule has 1 aromatic carbocycles. The van der Waals surface area contributed by atoms with Crippen molar-refractivity contribution < 1.29 is 29.0 Å². The number of carboxylic acid groups (broad SMARTS) is 1. The summed E-state index contributed by atoms with van der Waals surface area (Å²) in [4.78, 5) is 37.2. The standard InChI is InChI=1S/C17H18N2O6S/c1-24-7-10-9-26-16-13(15(21)19(16)14(10)17(22)23)18-12(20)8-25-11-5-3-2-4-6-11/h2-6,13,16H,7-9H2,1H3,(H,18,20)(H,22,23). The van der Waals surface area contributed by atoms with Crippen LogP contribution in [0.4, 0.5) is 0 Å². The number of para-hydroxylation sites is 1. The van der Waals surface area contributed by atoms with Gasteiger partial charge in [-0.2, -0.15) is 0 Å². The highest BCUT2D eigenvalue weighted by Gasteiger charge is 2.54. The third kappa shape index (κ3) is 3.54. The smallest absolute Gasteiger partial charge is 0.352 e. The van der Waals surface area contributed by atoms with Crippen LogP contribution < -0.4 is 10.1 Å². The third-order valence-corrected chi connectivity index (χ3v) is 5.34. The molecule has 3 rings (SSSR count). The largest absolute Gasteiger partial charge is 0.484 e. The second kappa shape index (κ2) is 7.79. The maximum absolute atomic E-state index is 12.4. The second-order valence-corrected chi connectivity index (χ2v) is 6.85. The molecule has 8 nitrogen and oxygen atoms in total. The van der Waals surface area contributed by atoms with E-state index in [0.717, 1.165) is 0 Å². The minimum atomic E-state index is -1.17. The van der Waals surface area contributed by atoms with E-state index in [1.807, 2.05) is 6.07 Å². The van der Waals surface area contributed by atoms with Gasteiger partial charge in [0.1, 0.15) is 22.9 Å². The zero-order valence-electron chi connectivity index (χ0n) is 14.0. The molecule has 2 unspecified atom stereocenters. The molecule has 0 saturated carbocycles. The molecule has 0 aliphatic carbocycles. The molecule has 2 aliphatic heterocycles. The molecule has 0 bridgehead atoms. The van der Waals surface area contributed by atoms with Crippen LogP contribution in [-0.2, 0) is 19.1 Å². The number of carbonyl (C=O) groups is 3. The molecule has 0 spiro atoms. The van der Waals surface area contributed by atoms with E-state index in [1.54, 1.807) is 24.3 Å². The first kappa shape index (κ1) is 18.3. The van der Waals surface area contributed by atoms with Crippen LogP contribution in [-0.4, -0.2) is 65.3 Å². The fraction of sp³-hybridized carbons (Fsp3) is 0.353. The van der Waals surface area contributed by atoms with Crippen molar-refractivity contribution in [2.75, 3.05) is 26.1 Å². The van der Waals surface area contributed by atoms with Gasteiger partial charge in [-0.05, 0) is 17.7 Å². The number of hydrogen-bond donors (Lipinski definition) is 2. The number of thioether (sulfide) groups is 1. The number of nitrogens with one attached hydrogen (secondary N) is 1. The highest BCUT2D eigenvalue weighted by molar-refractivity contribution is 8.00. The van der Waals surface area contributed by atoms with Crippen molar-refractivity contribution in [3.8, 4) is 5.75 Å². The minimum Gasteiger partial charge on any atom is -0.484 e. The van der Waals surface area contributed by atoms with E-state index < -0.39 is 29.2 Å². The highest BCUT2D eigenvalue weighted by Crippen LogP contribution is 2.40. The van der Waals surface area contributed by atoms with E-state index in [-0.39, 0.29) is 18.9 Å². The van der Waals surface area contributed by atoms with Gasteiger partial charge in [-0.1, -0.05) is 18.2 Å². The van der Waals surface area contributed by atoms with Gasteiger partial charge in [-0.15, -0.1) is 11.8 Å². The number of carbonyl (C=O) groups excluding carboxylic acids is 2. The summed E-state index contributed by atoms with van der Waals surface area (Å²) in [6.07, 6.45) is 0. The van der Waals surface area contributed by atoms with Gasteiger partial charge in [0, 0.05) is 12.9 Å². The first-order valence-electron chi connectivity index (χ1n) is 7.89. The predicted molar refractivity (Wildman–Crippen MR) is 93.5 cm³/mol. The van der Waals surface area contributed by atoms with Crippen LogP contribution in [0.3, 0.4) is 0 Å². The number of nitrogens with zero attached hydrogens (tertiary/aromatic N) is 1. The average molecular weight is 378 g/mol. The van der Waals surface area contributed by atoms with Crippen molar-refractivity contribution in [3.63, 3.8) is 0 Å². The summed E-state index contributed by atoms with van der Waals surface area (Å²) < 4.78 is 10.4. The third-order valence-electron chi connectivity index (χ3n) is 4.00. The van der Waals surface area contributed by atoms with Gasteiger partial charge in [-0.3, -0.25) is 14.5 Å². The molecule has 138 valence electrons. The minimum absolute atomic E-state index is 0.0494. The number of carboxylic acids is 1. The fourth-order valence-electron chi connectivity index (χ4n) is 2.85. The Morgan fingerprint density at radius 2 is 2.08 bits per heavy atom. The van der Waals surface area contributed by atoms with E-state index in [9.17, 15) is 19.5 Å². The molecule has 2 aliphatic rings. The molecule has 2 amide bonds. The van der Waals surface area contributed by atoms with Gasteiger partial charge in [0.15, 0.2) is 6.61 Å². The number of benzene rings is 1. The van der Waals surface area contributed by atoms with Crippen LogP contribution in [0.5, 0.6) is 5.75 Å². The molecule has 2 N–H and O–H groups in total. The Morgan fingerprint density at radius 3 is 2.73 bits per heavy atom. The van der Waals surface area contributed by atoms with Crippen LogP contribution in [0, 0.1) is 0 Å². The van der Waals surface area contributed by atoms with Gasteiger partial charge in [0.25, 0.3) is 11.8 Å². The monoisotopic (exact) mass is 378 g/mol. The molecule has 26 heavy (non-hydrogen) atoms. The normalized spacial score (nSPS) is 21.7. The quantitative estimate of drug-likeness (QED) is 0.664. The van der Waals surface area contributed by atoms with Crippen molar-refractivity contribution in [2.24, 2.45) is 0 Å². The number of fused-ring (bicyclic) bond motifs is 1. The number of ether oxygens (including phenoxy) is 2. The van der Waals surface area contributed by atoms with Gasteiger partial charge >= 0.3 is 5.97 Å². The van der Waals surface area contributed by atoms with Gasteiger partial charge in [0.2, 0.25) is 0 Å². The molecule has 2 heterocycles. The Hall–Kier alpha value is -2.52. The lowest BCUT2D eigenvalue weighted by atomic mass is 10.0. The Morgan fingerprint density at radius 1 is 1.35 bits per heavy atom. The average Bonchev–Trinajstić information content (AvgIpc) is 2.65. The van der Waals surface area contributed by atoms with Crippen molar-refractivity contribution in [2.45, 2.75) is 11.4 Å². The molecule has 9 heteroatoms. The van der Waals surface area contributed by atoms with Crippen molar-refractivity contribution in [1.82, 2.24) is 10.2 Å². The first-order chi connectivity index (χ1) is 12.5. The Labute approximate surface area is 154 Å². The van der Waals surface area contributed by atoms with Crippen molar-refractivity contribution in [1.29, 1.82) is 0 Å². The molecule has 0 radical (unpaired) electrons. The number of amides is 2. The summed E-state index contributed by atoms with van der Waals surface area (Å²) in [7, 11) is 1.47. The number of hydrogen-bond acceptors (Lipinski definition) is 6. The lowest BCUT2D eigenvalue weighted by molar-refractivity contribution is -0.151. The Balaban J connectivity index is 1.61. The first-order valence-corrected chi connectivity index (χ1v) is 8.94. The summed E-state index contributed by atoms with van der Waals surface area (Å²) in [6, 6.07) is 8.10. The van der Waals surface area contributed by atoms with Gasteiger partial charge in [-0.25, -0.2) is 4.79 Å². The number of rotatable bonds is 7. The summed E-state index contributed by atoms with van der Waals surface area (Å²) in [6.45, 7) is -0.0746. The summed E-state index contributed by atoms with van der Waals surface area (Å²) in [5, 5.41) is 11.6. The van der Waals surface area contributed by atoms with Crippen LogP contribution in [0.15, 0.2) is 41.6 Å².